The average Bonchev–Trinajstić information content (AvgIpc) is 2.17. The van der Waals surface area contributed by atoms with Gasteiger partial charge in [0.15, 0.2) is 0 Å². The summed E-state index contributed by atoms with van der Waals surface area (Å²) >= 11 is 0. The molecule has 1 heterocycles. The normalized spacial score (nSPS) is 22.1. The van der Waals surface area contributed by atoms with E-state index in [1.165, 1.54) is 0 Å². The molecule has 0 radical (unpaired) electrons. The molecule has 92 valence electrons. The summed E-state index contributed by atoms with van der Waals surface area (Å²) in [5.41, 5.74) is -1.15. The summed E-state index contributed by atoms with van der Waals surface area (Å²) in [6, 6.07) is 0. The third-order valence-corrected chi connectivity index (χ3v) is 3.20. The first kappa shape index (κ1) is 13.5. The molecule has 1 saturated heterocycles. The van der Waals surface area contributed by atoms with E-state index < -0.39 is 5.60 Å². The second kappa shape index (κ2) is 5.18. The number of hydrogen-bond acceptors (Lipinski definition) is 3. The van der Waals surface area contributed by atoms with Crippen molar-refractivity contribution in [3.05, 3.63) is 0 Å². The summed E-state index contributed by atoms with van der Waals surface area (Å²) < 4.78 is 5.26. The molecule has 0 aromatic carbocycles. The number of aliphatic hydroxyl groups is 1. The third-order valence-electron chi connectivity index (χ3n) is 3.20. The predicted molar refractivity (Wildman–Crippen MR) is 65.1 cm³/mol. The van der Waals surface area contributed by atoms with Gasteiger partial charge in [0.05, 0.1) is 19.8 Å². The SMILES string of the molecule is CC(C)(C)C(C)(O)C#CCN1CCOCC1. The van der Waals surface area contributed by atoms with E-state index in [9.17, 15) is 5.11 Å². The Hall–Kier alpha value is -0.560. The topological polar surface area (TPSA) is 32.7 Å². The summed E-state index contributed by atoms with van der Waals surface area (Å²) in [5.74, 6) is 6.04. The largest absolute Gasteiger partial charge is 0.379 e. The number of morpholine rings is 1. The lowest BCUT2D eigenvalue weighted by molar-refractivity contribution is 0.0125. The van der Waals surface area contributed by atoms with Crippen molar-refractivity contribution in [3.63, 3.8) is 0 Å². The Bertz CT molecular complexity index is 275. The van der Waals surface area contributed by atoms with Crippen molar-refractivity contribution in [3.8, 4) is 11.8 Å². The van der Waals surface area contributed by atoms with E-state index in [1.54, 1.807) is 6.92 Å². The maximum absolute atomic E-state index is 10.2. The van der Waals surface area contributed by atoms with Crippen LogP contribution in [-0.2, 0) is 4.74 Å². The van der Waals surface area contributed by atoms with Gasteiger partial charge in [-0.1, -0.05) is 32.6 Å². The van der Waals surface area contributed by atoms with Gasteiger partial charge in [-0.15, -0.1) is 0 Å². The first-order valence-corrected chi connectivity index (χ1v) is 5.85. The highest BCUT2D eigenvalue weighted by Crippen LogP contribution is 2.28. The van der Waals surface area contributed by atoms with Gasteiger partial charge < -0.3 is 9.84 Å². The molecule has 1 atom stereocenters. The first-order valence-electron chi connectivity index (χ1n) is 5.85. The van der Waals surface area contributed by atoms with Crippen molar-refractivity contribution in [2.75, 3.05) is 32.8 Å². The quantitative estimate of drug-likeness (QED) is 0.679. The molecule has 0 aliphatic carbocycles. The van der Waals surface area contributed by atoms with Crippen LogP contribution in [0.3, 0.4) is 0 Å². The number of hydrogen-bond donors (Lipinski definition) is 1. The second-order valence-electron chi connectivity index (χ2n) is 5.51. The molecule has 0 amide bonds. The van der Waals surface area contributed by atoms with E-state index >= 15 is 0 Å². The highest BCUT2D eigenvalue weighted by Gasteiger charge is 2.33. The van der Waals surface area contributed by atoms with Crippen LogP contribution in [0, 0.1) is 17.3 Å². The van der Waals surface area contributed by atoms with E-state index in [0.717, 1.165) is 32.8 Å². The minimum atomic E-state index is -0.931. The Morgan fingerprint density at radius 1 is 1.19 bits per heavy atom. The molecule has 1 unspecified atom stereocenters. The summed E-state index contributed by atoms with van der Waals surface area (Å²) in [6.07, 6.45) is 0. The third kappa shape index (κ3) is 3.79. The van der Waals surface area contributed by atoms with Crippen LogP contribution < -0.4 is 0 Å². The van der Waals surface area contributed by atoms with Crippen molar-refractivity contribution in [1.82, 2.24) is 4.90 Å². The van der Waals surface area contributed by atoms with Crippen LogP contribution in [0.25, 0.3) is 0 Å². The summed E-state index contributed by atoms with van der Waals surface area (Å²) in [7, 11) is 0. The van der Waals surface area contributed by atoms with E-state index in [2.05, 4.69) is 16.7 Å². The van der Waals surface area contributed by atoms with Crippen molar-refractivity contribution in [2.45, 2.75) is 33.3 Å². The van der Waals surface area contributed by atoms with Crippen LogP contribution in [0.15, 0.2) is 0 Å². The van der Waals surface area contributed by atoms with Gasteiger partial charge in [-0.25, -0.2) is 0 Å². The summed E-state index contributed by atoms with van der Waals surface area (Å²) in [4.78, 5) is 2.25. The van der Waals surface area contributed by atoms with Crippen LogP contribution in [0.2, 0.25) is 0 Å². The van der Waals surface area contributed by atoms with Gasteiger partial charge in [0.1, 0.15) is 5.60 Å². The van der Waals surface area contributed by atoms with E-state index in [1.807, 2.05) is 20.8 Å². The molecule has 0 aromatic heterocycles. The highest BCUT2D eigenvalue weighted by atomic mass is 16.5. The zero-order valence-corrected chi connectivity index (χ0v) is 10.8. The lowest BCUT2D eigenvalue weighted by atomic mass is 9.78. The van der Waals surface area contributed by atoms with Gasteiger partial charge in [0, 0.05) is 18.5 Å². The average molecular weight is 225 g/mol. The predicted octanol–water partition coefficient (Wildman–Crippen LogP) is 1.12. The molecular weight excluding hydrogens is 202 g/mol. The van der Waals surface area contributed by atoms with Crippen molar-refractivity contribution in [2.24, 2.45) is 5.41 Å². The minimum absolute atomic E-state index is 0.217. The van der Waals surface area contributed by atoms with E-state index in [-0.39, 0.29) is 5.41 Å². The van der Waals surface area contributed by atoms with Crippen molar-refractivity contribution < 1.29 is 9.84 Å². The summed E-state index contributed by atoms with van der Waals surface area (Å²) in [5, 5.41) is 10.2. The maximum atomic E-state index is 10.2. The first-order chi connectivity index (χ1) is 7.33. The van der Waals surface area contributed by atoms with Gasteiger partial charge in [-0.05, 0) is 6.92 Å². The monoisotopic (exact) mass is 225 g/mol. The zero-order valence-electron chi connectivity index (χ0n) is 10.8. The Morgan fingerprint density at radius 3 is 2.25 bits per heavy atom. The van der Waals surface area contributed by atoms with Crippen LogP contribution >= 0.6 is 0 Å². The highest BCUT2D eigenvalue weighted by molar-refractivity contribution is 5.17. The van der Waals surface area contributed by atoms with Gasteiger partial charge in [0.2, 0.25) is 0 Å². The summed E-state index contributed by atoms with van der Waals surface area (Å²) in [6.45, 7) is 11.9. The zero-order chi connectivity index (χ0) is 12.2. The smallest absolute Gasteiger partial charge is 0.127 e. The molecule has 1 fully saturated rings. The number of ether oxygens (including phenoxy) is 1. The number of rotatable bonds is 1. The Morgan fingerprint density at radius 2 is 1.75 bits per heavy atom. The lowest BCUT2D eigenvalue weighted by Gasteiger charge is -2.32. The molecule has 1 N–H and O–H groups in total. The minimum Gasteiger partial charge on any atom is -0.379 e. The molecular formula is C13H23NO2. The number of nitrogens with zero attached hydrogens (tertiary/aromatic N) is 1. The van der Waals surface area contributed by atoms with Crippen LogP contribution in [-0.4, -0.2) is 48.5 Å². The van der Waals surface area contributed by atoms with E-state index in [4.69, 9.17) is 4.74 Å². The fourth-order valence-electron chi connectivity index (χ4n) is 1.27. The van der Waals surface area contributed by atoms with Crippen LogP contribution in [0.4, 0.5) is 0 Å². The van der Waals surface area contributed by atoms with Gasteiger partial charge in [-0.2, -0.15) is 0 Å². The Balaban J connectivity index is 2.47. The molecule has 1 aliphatic rings. The van der Waals surface area contributed by atoms with Crippen LogP contribution in [0.1, 0.15) is 27.7 Å². The van der Waals surface area contributed by atoms with Gasteiger partial charge in [0.25, 0.3) is 0 Å². The van der Waals surface area contributed by atoms with Crippen molar-refractivity contribution in [1.29, 1.82) is 0 Å². The molecule has 3 nitrogen and oxygen atoms in total. The molecule has 0 bridgehead atoms. The van der Waals surface area contributed by atoms with E-state index in [0.29, 0.717) is 0 Å². The standard InChI is InChI=1S/C13H23NO2/c1-12(2,3)13(4,15)6-5-7-14-8-10-16-11-9-14/h15H,7-11H2,1-4H3. The van der Waals surface area contributed by atoms with Gasteiger partial charge >= 0.3 is 0 Å². The van der Waals surface area contributed by atoms with Crippen molar-refractivity contribution >= 4 is 0 Å². The molecule has 1 aliphatic heterocycles. The maximum Gasteiger partial charge on any atom is 0.127 e. The lowest BCUT2D eigenvalue weighted by Crippen LogP contribution is -2.39. The molecule has 0 spiro atoms. The van der Waals surface area contributed by atoms with Crippen LogP contribution in [0.5, 0.6) is 0 Å². The van der Waals surface area contributed by atoms with Gasteiger partial charge in [-0.3, -0.25) is 4.90 Å². The molecule has 1 rings (SSSR count). The fourth-order valence-corrected chi connectivity index (χ4v) is 1.27. The Labute approximate surface area is 98.8 Å². The molecule has 3 heteroatoms. The fraction of sp³-hybridized carbons (Fsp3) is 0.846. The molecule has 0 aromatic rings. The second-order valence-corrected chi connectivity index (χ2v) is 5.51. The Kier molecular flexibility index (Phi) is 4.37. The molecule has 16 heavy (non-hydrogen) atoms. The molecule has 0 saturated carbocycles.